The quantitative estimate of drug-likeness (QED) is 0.781. The van der Waals surface area contributed by atoms with Crippen LogP contribution in [0.4, 0.5) is 0 Å². The second-order valence-corrected chi connectivity index (χ2v) is 8.00. The van der Waals surface area contributed by atoms with Crippen LogP contribution in [0.15, 0.2) is 65.6 Å². The summed E-state index contributed by atoms with van der Waals surface area (Å²) >= 11 is 0. The van der Waals surface area contributed by atoms with Crippen molar-refractivity contribution in [2.75, 3.05) is 26.7 Å². The van der Waals surface area contributed by atoms with Gasteiger partial charge in [0.1, 0.15) is 0 Å². The van der Waals surface area contributed by atoms with Crippen LogP contribution < -0.4 is 0 Å². The third-order valence-corrected chi connectivity index (χ3v) is 5.93. The maximum atomic E-state index is 12.4. The summed E-state index contributed by atoms with van der Waals surface area (Å²) in [6.45, 7) is 2.06. The Bertz CT molecular complexity index is 747. The normalized spacial score (nSPS) is 22.4. The van der Waals surface area contributed by atoms with Gasteiger partial charge in [-0.05, 0) is 43.6 Å². The summed E-state index contributed by atoms with van der Waals surface area (Å²) in [6.07, 6.45) is 1.01. The summed E-state index contributed by atoms with van der Waals surface area (Å²) in [4.78, 5) is 2.45. The number of rotatable bonds is 5. The number of hydrogen-bond acceptors (Lipinski definition) is 4. The average Bonchev–Trinajstić information content (AvgIpc) is 2.62. The van der Waals surface area contributed by atoms with Gasteiger partial charge in [0.15, 0.2) is 0 Å². The van der Waals surface area contributed by atoms with Gasteiger partial charge in [0.25, 0.3) is 10.1 Å². The maximum absolute atomic E-state index is 12.4. The highest BCUT2D eigenvalue weighted by atomic mass is 32.2. The Kier molecular flexibility index (Phi) is 5.33. The molecule has 0 saturated carbocycles. The lowest BCUT2D eigenvalue weighted by atomic mass is 9.81. The van der Waals surface area contributed by atoms with Gasteiger partial charge in [-0.3, -0.25) is 4.18 Å². The SMILES string of the molecule is CN1CC[C@H](c2ccccc2)[C@H](COS(=O)(=O)c2ccccc2)C1. The minimum Gasteiger partial charge on any atom is -0.306 e. The van der Waals surface area contributed by atoms with E-state index in [0.29, 0.717) is 5.92 Å². The van der Waals surface area contributed by atoms with Crippen molar-refractivity contribution in [3.8, 4) is 0 Å². The Morgan fingerprint density at radius 3 is 2.33 bits per heavy atom. The van der Waals surface area contributed by atoms with Crippen molar-refractivity contribution in [3.63, 3.8) is 0 Å². The largest absolute Gasteiger partial charge is 0.306 e. The van der Waals surface area contributed by atoms with E-state index < -0.39 is 10.1 Å². The van der Waals surface area contributed by atoms with Crippen molar-refractivity contribution in [2.24, 2.45) is 5.92 Å². The van der Waals surface area contributed by atoms with Gasteiger partial charge < -0.3 is 4.90 Å². The van der Waals surface area contributed by atoms with E-state index in [1.807, 2.05) is 18.2 Å². The molecule has 0 aliphatic carbocycles. The van der Waals surface area contributed by atoms with E-state index in [1.54, 1.807) is 30.3 Å². The van der Waals surface area contributed by atoms with E-state index in [1.165, 1.54) is 5.56 Å². The smallest absolute Gasteiger partial charge is 0.296 e. The fraction of sp³-hybridized carbons (Fsp3) is 0.368. The fourth-order valence-corrected chi connectivity index (χ4v) is 4.33. The van der Waals surface area contributed by atoms with E-state index in [2.05, 4.69) is 24.1 Å². The predicted molar refractivity (Wildman–Crippen MR) is 94.4 cm³/mol. The predicted octanol–water partition coefficient (Wildman–Crippen LogP) is 3.13. The first-order chi connectivity index (χ1) is 11.6. The molecule has 2 aromatic carbocycles. The zero-order valence-electron chi connectivity index (χ0n) is 13.8. The number of piperidine rings is 1. The molecule has 24 heavy (non-hydrogen) atoms. The average molecular weight is 345 g/mol. The van der Waals surface area contributed by atoms with E-state index in [0.717, 1.165) is 19.5 Å². The Morgan fingerprint density at radius 2 is 1.67 bits per heavy atom. The van der Waals surface area contributed by atoms with Crippen LogP contribution in [-0.4, -0.2) is 40.1 Å². The van der Waals surface area contributed by atoms with Gasteiger partial charge in [-0.2, -0.15) is 8.42 Å². The first-order valence-corrected chi connectivity index (χ1v) is 9.65. The molecule has 0 radical (unpaired) electrons. The van der Waals surface area contributed by atoms with Gasteiger partial charge in [-0.1, -0.05) is 48.5 Å². The van der Waals surface area contributed by atoms with Crippen LogP contribution in [0.25, 0.3) is 0 Å². The molecular weight excluding hydrogens is 322 g/mol. The first-order valence-electron chi connectivity index (χ1n) is 8.24. The van der Waals surface area contributed by atoms with Crippen molar-refractivity contribution in [3.05, 3.63) is 66.2 Å². The molecule has 1 aliphatic rings. The second kappa shape index (κ2) is 7.47. The lowest BCUT2D eigenvalue weighted by molar-refractivity contribution is 0.132. The van der Waals surface area contributed by atoms with Crippen LogP contribution in [0.2, 0.25) is 0 Å². The molecule has 0 bridgehead atoms. The fourth-order valence-electron chi connectivity index (χ4n) is 3.35. The number of nitrogens with zero attached hydrogens (tertiary/aromatic N) is 1. The highest BCUT2D eigenvalue weighted by molar-refractivity contribution is 7.86. The molecule has 0 N–H and O–H groups in total. The zero-order chi connectivity index (χ0) is 17.0. The summed E-state index contributed by atoms with van der Waals surface area (Å²) in [6, 6.07) is 18.6. The summed E-state index contributed by atoms with van der Waals surface area (Å²) < 4.78 is 30.1. The molecule has 1 fully saturated rings. The third kappa shape index (κ3) is 4.04. The molecule has 0 unspecified atom stereocenters. The van der Waals surface area contributed by atoms with Gasteiger partial charge in [-0.15, -0.1) is 0 Å². The standard InChI is InChI=1S/C19H23NO3S/c1-20-13-12-19(16-8-4-2-5-9-16)17(14-20)15-23-24(21,22)18-10-6-3-7-11-18/h2-11,17,19H,12-15H2,1H3/t17-,19+/m0/s1. The molecule has 2 aromatic rings. The molecule has 0 spiro atoms. The van der Waals surface area contributed by atoms with Crippen molar-refractivity contribution >= 4 is 10.1 Å². The van der Waals surface area contributed by atoms with Gasteiger partial charge in [0.05, 0.1) is 11.5 Å². The van der Waals surface area contributed by atoms with Crippen LogP contribution >= 0.6 is 0 Å². The Hall–Kier alpha value is -1.69. The Balaban J connectivity index is 1.74. The lowest BCUT2D eigenvalue weighted by Crippen LogP contribution is -2.39. The van der Waals surface area contributed by atoms with Crippen molar-refractivity contribution < 1.29 is 12.6 Å². The third-order valence-electron chi connectivity index (χ3n) is 4.63. The molecule has 1 aliphatic heterocycles. The van der Waals surface area contributed by atoms with Crippen LogP contribution in [0.5, 0.6) is 0 Å². The molecular formula is C19H23NO3S. The molecule has 0 aromatic heterocycles. The van der Waals surface area contributed by atoms with E-state index >= 15 is 0 Å². The number of likely N-dealkylation sites (tertiary alicyclic amines) is 1. The summed E-state index contributed by atoms with van der Waals surface area (Å²) in [5, 5.41) is 0. The van der Waals surface area contributed by atoms with Crippen molar-refractivity contribution in [1.82, 2.24) is 4.90 Å². The van der Waals surface area contributed by atoms with Crippen LogP contribution in [-0.2, 0) is 14.3 Å². The molecule has 5 heteroatoms. The Labute approximate surface area is 144 Å². The van der Waals surface area contributed by atoms with E-state index in [9.17, 15) is 8.42 Å². The topological polar surface area (TPSA) is 46.6 Å². The highest BCUT2D eigenvalue weighted by Gasteiger charge is 2.30. The zero-order valence-corrected chi connectivity index (χ0v) is 14.7. The molecule has 1 heterocycles. The molecule has 128 valence electrons. The van der Waals surface area contributed by atoms with Gasteiger partial charge >= 0.3 is 0 Å². The highest BCUT2D eigenvalue weighted by Crippen LogP contribution is 2.33. The second-order valence-electron chi connectivity index (χ2n) is 6.38. The molecule has 4 nitrogen and oxygen atoms in total. The maximum Gasteiger partial charge on any atom is 0.296 e. The number of hydrogen-bond donors (Lipinski definition) is 0. The summed E-state index contributed by atoms with van der Waals surface area (Å²) in [7, 11) is -1.63. The number of benzene rings is 2. The minimum absolute atomic E-state index is 0.157. The van der Waals surface area contributed by atoms with Gasteiger partial charge in [-0.25, -0.2) is 0 Å². The van der Waals surface area contributed by atoms with E-state index in [-0.39, 0.29) is 17.4 Å². The van der Waals surface area contributed by atoms with Crippen molar-refractivity contribution in [1.29, 1.82) is 0 Å². The van der Waals surface area contributed by atoms with Gasteiger partial charge in [0.2, 0.25) is 0 Å². The molecule has 2 atom stereocenters. The molecule has 1 saturated heterocycles. The molecule has 3 rings (SSSR count). The lowest BCUT2D eigenvalue weighted by Gasteiger charge is -2.36. The monoisotopic (exact) mass is 345 g/mol. The van der Waals surface area contributed by atoms with Crippen molar-refractivity contribution in [2.45, 2.75) is 17.2 Å². The first kappa shape index (κ1) is 17.1. The van der Waals surface area contributed by atoms with Crippen LogP contribution in [0, 0.1) is 5.92 Å². The molecule has 0 amide bonds. The van der Waals surface area contributed by atoms with E-state index in [4.69, 9.17) is 4.18 Å². The summed E-state index contributed by atoms with van der Waals surface area (Å²) in [5.41, 5.74) is 1.26. The van der Waals surface area contributed by atoms with Crippen LogP contribution in [0.1, 0.15) is 17.9 Å². The summed E-state index contributed by atoms with van der Waals surface area (Å²) in [5.74, 6) is 0.484. The van der Waals surface area contributed by atoms with Crippen LogP contribution in [0.3, 0.4) is 0 Å². The van der Waals surface area contributed by atoms with Gasteiger partial charge in [0, 0.05) is 12.5 Å². The Morgan fingerprint density at radius 1 is 1.04 bits per heavy atom. The minimum atomic E-state index is -3.70.